The van der Waals surface area contributed by atoms with Gasteiger partial charge in [-0.05, 0) is 37.9 Å². The van der Waals surface area contributed by atoms with Gasteiger partial charge in [0.2, 0.25) is 0 Å². The van der Waals surface area contributed by atoms with Gasteiger partial charge in [0, 0.05) is 22.4 Å². The molecule has 0 aromatic carbocycles. The summed E-state index contributed by atoms with van der Waals surface area (Å²) in [6, 6.07) is 2.12. The fourth-order valence-electron chi connectivity index (χ4n) is 1.49. The molecule has 0 amide bonds. The third-order valence-electron chi connectivity index (χ3n) is 2.25. The number of hydrogen-bond acceptors (Lipinski definition) is 4. The Kier molecular flexibility index (Phi) is 5.25. The molecule has 1 N–H and O–H groups in total. The fourth-order valence-corrected chi connectivity index (χ4v) is 3.64. The Morgan fingerprint density at radius 3 is 2.94 bits per heavy atom. The van der Waals surface area contributed by atoms with Crippen molar-refractivity contribution in [3.63, 3.8) is 0 Å². The van der Waals surface area contributed by atoms with Gasteiger partial charge in [-0.1, -0.05) is 0 Å². The highest BCUT2D eigenvalue weighted by molar-refractivity contribution is 9.13. The van der Waals surface area contributed by atoms with E-state index >= 15 is 0 Å². The van der Waals surface area contributed by atoms with Gasteiger partial charge in [-0.25, -0.2) is 0 Å². The van der Waals surface area contributed by atoms with Crippen molar-refractivity contribution in [1.82, 2.24) is 5.32 Å². The summed E-state index contributed by atoms with van der Waals surface area (Å²) in [6.45, 7) is 3.84. The van der Waals surface area contributed by atoms with Crippen LogP contribution in [0.2, 0.25) is 0 Å². The normalized spacial score (nSPS) is 21.2. The van der Waals surface area contributed by atoms with Gasteiger partial charge in [0.1, 0.15) is 0 Å². The summed E-state index contributed by atoms with van der Waals surface area (Å²) in [5.74, 6) is 0. The zero-order valence-electron chi connectivity index (χ0n) is 8.67. The van der Waals surface area contributed by atoms with Crippen LogP contribution in [0.4, 0.5) is 0 Å². The van der Waals surface area contributed by atoms with Crippen LogP contribution in [-0.4, -0.2) is 32.5 Å². The summed E-state index contributed by atoms with van der Waals surface area (Å²) in [5, 5.41) is 3.38. The first kappa shape index (κ1) is 13.0. The third kappa shape index (κ3) is 3.78. The average Bonchev–Trinajstić information content (AvgIpc) is 2.60. The van der Waals surface area contributed by atoms with Crippen LogP contribution >= 0.6 is 43.2 Å². The molecule has 1 aromatic rings. The monoisotopic (exact) mass is 369 g/mol. The molecular formula is C10H13Br2NO2S. The summed E-state index contributed by atoms with van der Waals surface area (Å²) < 4.78 is 13.1. The van der Waals surface area contributed by atoms with Gasteiger partial charge in [-0.3, -0.25) is 0 Å². The van der Waals surface area contributed by atoms with E-state index in [0.29, 0.717) is 13.2 Å². The molecule has 0 radical (unpaired) electrons. The second-order valence-electron chi connectivity index (χ2n) is 3.53. The lowest BCUT2D eigenvalue weighted by Crippen LogP contribution is -2.37. The number of rotatable bonds is 4. The van der Waals surface area contributed by atoms with E-state index in [1.54, 1.807) is 11.3 Å². The molecule has 1 aliphatic heterocycles. The average molecular weight is 371 g/mol. The Bertz CT molecular complexity index is 320. The van der Waals surface area contributed by atoms with Crippen molar-refractivity contribution in [3.05, 3.63) is 19.2 Å². The lowest BCUT2D eigenvalue weighted by Gasteiger charge is -2.22. The maximum absolute atomic E-state index is 5.54. The van der Waals surface area contributed by atoms with Crippen molar-refractivity contribution in [2.24, 2.45) is 0 Å². The van der Waals surface area contributed by atoms with Gasteiger partial charge in [-0.15, -0.1) is 11.3 Å². The Morgan fingerprint density at radius 1 is 1.44 bits per heavy atom. The van der Waals surface area contributed by atoms with E-state index in [-0.39, 0.29) is 6.10 Å². The smallest absolute Gasteiger partial charge is 0.0933 e. The Balaban J connectivity index is 1.71. The first-order valence-corrected chi connectivity index (χ1v) is 7.49. The molecule has 2 heterocycles. The maximum atomic E-state index is 5.54. The second-order valence-corrected chi connectivity index (χ2v) is 6.84. The first-order chi connectivity index (χ1) is 7.75. The molecule has 0 saturated carbocycles. The molecule has 1 aromatic heterocycles. The zero-order chi connectivity index (χ0) is 11.4. The van der Waals surface area contributed by atoms with Crippen LogP contribution in [0.15, 0.2) is 14.3 Å². The van der Waals surface area contributed by atoms with Crippen molar-refractivity contribution in [2.75, 3.05) is 26.4 Å². The quantitative estimate of drug-likeness (QED) is 0.883. The van der Waals surface area contributed by atoms with E-state index in [9.17, 15) is 0 Å². The minimum Gasteiger partial charge on any atom is -0.376 e. The van der Waals surface area contributed by atoms with Crippen LogP contribution in [0.1, 0.15) is 4.88 Å². The summed E-state index contributed by atoms with van der Waals surface area (Å²) in [5.41, 5.74) is 0. The number of nitrogens with one attached hydrogen (secondary N) is 1. The summed E-state index contributed by atoms with van der Waals surface area (Å²) in [4.78, 5) is 1.30. The number of hydrogen-bond donors (Lipinski definition) is 1. The van der Waals surface area contributed by atoms with Crippen LogP contribution in [-0.2, 0) is 16.0 Å². The molecule has 0 spiro atoms. The third-order valence-corrected chi connectivity index (χ3v) is 5.51. The van der Waals surface area contributed by atoms with E-state index in [1.807, 2.05) is 0 Å². The van der Waals surface area contributed by atoms with E-state index in [0.717, 1.165) is 28.0 Å². The molecule has 2 rings (SSSR count). The molecule has 1 aliphatic rings. The molecule has 1 fully saturated rings. The van der Waals surface area contributed by atoms with Crippen molar-refractivity contribution in [1.29, 1.82) is 0 Å². The van der Waals surface area contributed by atoms with Crippen LogP contribution in [0.5, 0.6) is 0 Å². The molecule has 16 heavy (non-hydrogen) atoms. The first-order valence-electron chi connectivity index (χ1n) is 5.09. The van der Waals surface area contributed by atoms with Crippen molar-refractivity contribution in [2.45, 2.75) is 12.6 Å². The van der Waals surface area contributed by atoms with Gasteiger partial charge < -0.3 is 14.8 Å². The van der Waals surface area contributed by atoms with Gasteiger partial charge in [0.15, 0.2) is 0 Å². The van der Waals surface area contributed by atoms with Crippen molar-refractivity contribution >= 4 is 43.2 Å². The lowest BCUT2D eigenvalue weighted by atomic mass is 10.3. The highest BCUT2D eigenvalue weighted by Crippen LogP contribution is 2.32. The second kappa shape index (κ2) is 6.47. The molecule has 1 unspecified atom stereocenters. The summed E-state index contributed by atoms with van der Waals surface area (Å²) in [7, 11) is 0. The van der Waals surface area contributed by atoms with Crippen molar-refractivity contribution < 1.29 is 9.47 Å². The minimum absolute atomic E-state index is 0.195. The standard InChI is InChI=1S/C10H13Br2NO2S/c11-9-3-8(16-10(9)12)5-13-4-7-6-14-1-2-15-7/h3,7,13H,1-2,4-6H2. The predicted molar refractivity (Wildman–Crippen MR) is 72.0 cm³/mol. The topological polar surface area (TPSA) is 30.5 Å². The van der Waals surface area contributed by atoms with Crippen LogP contribution in [0, 0.1) is 0 Å². The molecule has 0 aliphatic carbocycles. The SMILES string of the molecule is Brc1cc(CNCC2COCCO2)sc1Br. The van der Waals surface area contributed by atoms with Gasteiger partial charge >= 0.3 is 0 Å². The van der Waals surface area contributed by atoms with Crippen LogP contribution < -0.4 is 5.32 Å². The minimum atomic E-state index is 0.195. The van der Waals surface area contributed by atoms with Crippen LogP contribution in [0.25, 0.3) is 0 Å². The molecule has 1 saturated heterocycles. The van der Waals surface area contributed by atoms with Crippen molar-refractivity contribution in [3.8, 4) is 0 Å². The summed E-state index contributed by atoms with van der Waals surface area (Å²) in [6.07, 6.45) is 0.195. The highest BCUT2D eigenvalue weighted by atomic mass is 79.9. The number of halogens is 2. The van der Waals surface area contributed by atoms with E-state index < -0.39 is 0 Å². The van der Waals surface area contributed by atoms with Gasteiger partial charge in [-0.2, -0.15) is 0 Å². The summed E-state index contributed by atoms with van der Waals surface area (Å²) >= 11 is 8.70. The van der Waals surface area contributed by atoms with E-state index in [2.05, 4.69) is 43.2 Å². The molecule has 90 valence electrons. The molecule has 6 heteroatoms. The lowest BCUT2D eigenvalue weighted by molar-refractivity contribution is -0.0864. The molecule has 1 atom stereocenters. The van der Waals surface area contributed by atoms with Gasteiger partial charge in [0.25, 0.3) is 0 Å². The Hall–Kier alpha value is 0.540. The van der Waals surface area contributed by atoms with Crippen LogP contribution in [0.3, 0.4) is 0 Å². The highest BCUT2D eigenvalue weighted by Gasteiger charge is 2.13. The number of ether oxygens (including phenoxy) is 2. The van der Waals surface area contributed by atoms with Gasteiger partial charge in [0.05, 0.1) is 29.7 Å². The maximum Gasteiger partial charge on any atom is 0.0933 e. The molecular weight excluding hydrogens is 358 g/mol. The Labute approximate surface area is 116 Å². The Morgan fingerprint density at radius 2 is 2.31 bits per heavy atom. The van der Waals surface area contributed by atoms with E-state index in [1.165, 1.54) is 4.88 Å². The number of thiophene rings is 1. The molecule has 3 nitrogen and oxygen atoms in total. The zero-order valence-corrected chi connectivity index (χ0v) is 12.7. The predicted octanol–water partition coefficient (Wildman–Crippen LogP) is 2.78. The van der Waals surface area contributed by atoms with E-state index in [4.69, 9.17) is 9.47 Å². The largest absolute Gasteiger partial charge is 0.376 e. The molecule has 0 bridgehead atoms. The fraction of sp³-hybridized carbons (Fsp3) is 0.600.